The van der Waals surface area contributed by atoms with Crippen LogP contribution in [0.3, 0.4) is 0 Å². The molecular weight excluding hydrogens is 398 g/mol. The number of anilines is 2. The molecule has 28 heavy (non-hydrogen) atoms. The molecule has 0 spiro atoms. The van der Waals surface area contributed by atoms with Crippen molar-refractivity contribution in [2.75, 3.05) is 42.6 Å². The summed E-state index contributed by atoms with van der Waals surface area (Å²) in [6.45, 7) is 0.193. The van der Waals surface area contributed by atoms with Gasteiger partial charge in [0, 0.05) is 31.4 Å². The lowest BCUT2D eigenvalue weighted by Crippen LogP contribution is -2.40. The van der Waals surface area contributed by atoms with E-state index in [2.05, 4.69) is 29.6 Å². The van der Waals surface area contributed by atoms with E-state index in [1.54, 1.807) is 18.2 Å². The summed E-state index contributed by atoms with van der Waals surface area (Å²) in [6.07, 6.45) is 2.67. The molecule has 2 rings (SSSR count). The zero-order valence-corrected chi connectivity index (χ0v) is 17.9. The van der Waals surface area contributed by atoms with Gasteiger partial charge in [0.25, 0.3) is 0 Å². The van der Waals surface area contributed by atoms with Crippen molar-refractivity contribution in [1.29, 1.82) is 0 Å². The molecule has 0 saturated heterocycles. The molecule has 1 N–H and O–H groups in total. The third kappa shape index (κ3) is 6.73. The number of rotatable bonds is 9. The van der Waals surface area contributed by atoms with Gasteiger partial charge < -0.3 is 10.2 Å². The van der Waals surface area contributed by atoms with E-state index >= 15 is 0 Å². The summed E-state index contributed by atoms with van der Waals surface area (Å²) >= 11 is 5.94. The van der Waals surface area contributed by atoms with Crippen LogP contribution >= 0.6 is 11.6 Å². The molecule has 0 saturated carbocycles. The second-order valence-electron chi connectivity index (χ2n) is 6.76. The predicted molar refractivity (Wildman–Crippen MR) is 116 cm³/mol. The molecule has 0 aliphatic heterocycles. The van der Waals surface area contributed by atoms with Crippen molar-refractivity contribution < 1.29 is 13.2 Å². The Kier molecular flexibility index (Phi) is 7.71. The van der Waals surface area contributed by atoms with E-state index in [0.29, 0.717) is 17.3 Å². The van der Waals surface area contributed by atoms with E-state index < -0.39 is 10.0 Å². The average molecular weight is 424 g/mol. The molecule has 152 valence electrons. The average Bonchev–Trinajstić information content (AvgIpc) is 2.62. The number of hydrogen-bond acceptors (Lipinski definition) is 4. The van der Waals surface area contributed by atoms with Crippen molar-refractivity contribution in [3.05, 3.63) is 59.1 Å². The zero-order valence-electron chi connectivity index (χ0n) is 16.4. The molecule has 1 amide bonds. The zero-order chi connectivity index (χ0) is 20.7. The highest BCUT2D eigenvalue weighted by atomic mass is 35.5. The number of aryl methyl sites for hydroxylation is 1. The highest BCUT2D eigenvalue weighted by molar-refractivity contribution is 7.92. The van der Waals surface area contributed by atoms with Crippen LogP contribution in [0, 0.1) is 0 Å². The summed E-state index contributed by atoms with van der Waals surface area (Å²) in [6, 6.07) is 14.7. The van der Waals surface area contributed by atoms with Gasteiger partial charge in [0.1, 0.15) is 6.54 Å². The number of carbonyl (C=O) groups is 1. The first-order valence-electron chi connectivity index (χ1n) is 8.93. The Morgan fingerprint density at radius 1 is 1.07 bits per heavy atom. The maximum Gasteiger partial charge on any atom is 0.240 e. The Balaban J connectivity index is 1.86. The van der Waals surface area contributed by atoms with Crippen molar-refractivity contribution in [1.82, 2.24) is 5.32 Å². The van der Waals surface area contributed by atoms with E-state index in [-0.39, 0.29) is 12.5 Å². The number of amides is 1. The summed E-state index contributed by atoms with van der Waals surface area (Å²) in [5, 5.41) is 3.19. The van der Waals surface area contributed by atoms with Crippen LogP contribution in [0.2, 0.25) is 5.02 Å². The molecule has 0 aromatic heterocycles. The Hall–Kier alpha value is -2.25. The number of sulfonamides is 1. The van der Waals surface area contributed by atoms with Crippen LogP contribution in [0.1, 0.15) is 12.0 Å². The predicted octanol–water partition coefficient (Wildman–Crippen LogP) is 2.92. The van der Waals surface area contributed by atoms with Gasteiger partial charge in [-0.3, -0.25) is 9.10 Å². The Morgan fingerprint density at radius 2 is 1.75 bits per heavy atom. The fourth-order valence-electron chi connectivity index (χ4n) is 2.70. The molecular formula is C20H26ClN3O3S. The first-order valence-corrected chi connectivity index (χ1v) is 11.2. The lowest BCUT2D eigenvalue weighted by atomic mass is 10.1. The maximum absolute atomic E-state index is 12.2. The number of carbonyl (C=O) groups excluding carboxylic acids is 1. The SMILES string of the molecule is CN(C)c1ccc(CCCNC(=O)CN(c2cccc(Cl)c2)S(C)(=O)=O)cc1. The van der Waals surface area contributed by atoms with E-state index in [1.165, 1.54) is 11.6 Å². The van der Waals surface area contributed by atoms with Gasteiger partial charge in [-0.25, -0.2) is 8.42 Å². The van der Waals surface area contributed by atoms with E-state index in [0.717, 1.165) is 29.1 Å². The summed E-state index contributed by atoms with van der Waals surface area (Å²) < 4.78 is 25.2. The second-order valence-corrected chi connectivity index (χ2v) is 9.11. The molecule has 0 unspecified atom stereocenters. The first kappa shape index (κ1) is 22.0. The molecule has 0 aliphatic carbocycles. The fourth-order valence-corrected chi connectivity index (χ4v) is 3.73. The van der Waals surface area contributed by atoms with Crippen molar-refractivity contribution in [3.63, 3.8) is 0 Å². The summed E-state index contributed by atoms with van der Waals surface area (Å²) in [7, 11) is 0.383. The second kappa shape index (κ2) is 9.80. The number of nitrogens with zero attached hydrogens (tertiary/aromatic N) is 2. The van der Waals surface area contributed by atoms with Crippen LogP contribution in [0.25, 0.3) is 0 Å². The fraction of sp³-hybridized carbons (Fsp3) is 0.350. The van der Waals surface area contributed by atoms with Gasteiger partial charge in [-0.15, -0.1) is 0 Å². The van der Waals surface area contributed by atoms with E-state index in [9.17, 15) is 13.2 Å². The van der Waals surface area contributed by atoms with Gasteiger partial charge in [-0.1, -0.05) is 29.8 Å². The van der Waals surface area contributed by atoms with E-state index in [4.69, 9.17) is 11.6 Å². The summed E-state index contributed by atoms with van der Waals surface area (Å²) in [4.78, 5) is 14.3. The van der Waals surface area contributed by atoms with Gasteiger partial charge in [0.2, 0.25) is 15.9 Å². The normalized spacial score (nSPS) is 11.1. The highest BCUT2D eigenvalue weighted by Crippen LogP contribution is 2.21. The number of benzene rings is 2. The number of hydrogen-bond donors (Lipinski definition) is 1. The minimum absolute atomic E-state index is 0.281. The molecule has 0 fully saturated rings. The van der Waals surface area contributed by atoms with Gasteiger partial charge in [0.05, 0.1) is 11.9 Å². The molecule has 6 nitrogen and oxygen atoms in total. The van der Waals surface area contributed by atoms with Gasteiger partial charge in [0.15, 0.2) is 0 Å². The molecule has 0 aliphatic rings. The van der Waals surface area contributed by atoms with Crippen molar-refractivity contribution in [2.24, 2.45) is 0 Å². The quantitative estimate of drug-likeness (QED) is 0.629. The minimum Gasteiger partial charge on any atom is -0.378 e. The largest absolute Gasteiger partial charge is 0.378 e. The third-order valence-electron chi connectivity index (χ3n) is 4.20. The molecule has 0 atom stereocenters. The Morgan fingerprint density at radius 3 is 2.32 bits per heavy atom. The number of nitrogens with one attached hydrogen (secondary N) is 1. The molecule has 2 aromatic carbocycles. The van der Waals surface area contributed by atoms with E-state index in [1.807, 2.05) is 19.0 Å². The van der Waals surface area contributed by atoms with Gasteiger partial charge in [-0.05, 0) is 48.7 Å². The molecule has 0 heterocycles. The highest BCUT2D eigenvalue weighted by Gasteiger charge is 2.20. The van der Waals surface area contributed by atoms with Crippen LogP contribution in [0.5, 0.6) is 0 Å². The van der Waals surface area contributed by atoms with Crippen molar-refractivity contribution in [3.8, 4) is 0 Å². The van der Waals surface area contributed by atoms with Crippen LogP contribution in [0.4, 0.5) is 11.4 Å². The van der Waals surface area contributed by atoms with Gasteiger partial charge in [-0.2, -0.15) is 0 Å². The molecule has 0 bridgehead atoms. The maximum atomic E-state index is 12.2. The molecule has 8 heteroatoms. The van der Waals surface area contributed by atoms with Crippen molar-refractivity contribution in [2.45, 2.75) is 12.8 Å². The lowest BCUT2D eigenvalue weighted by molar-refractivity contribution is -0.119. The Bertz CT molecular complexity index is 899. The van der Waals surface area contributed by atoms with Gasteiger partial charge >= 0.3 is 0 Å². The molecule has 0 radical (unpaired) electrons. The standard InChI is InChI=1S/C20H26ClN3O3S/c1-23(2)18-11-9-16(10-12-18)6-5-13-22-20(25)15-24(28(3,26)27)19-8-4-7-17(21)14-19/h4,7-12,14H,5-6,13,15H2,1-3H3,(H,22,25). The van der Waals surface area contributed by atoms with Crippen LogP contribution in [0.15, 0.2) is 48.5 Å². The third-order valence-corrected chi connectivity index (χ3v) is 5.58. The Labute approximate surface area is 172 Å². The topological polar surface area (TPSA) is 69.7 Å². The monoisotopic (exact) mass is 423 g/mol. The first-order chi connectivity index (χ1) is 13.2. The summed E-state index contributed by atoms with van der Waals surface area (Å²) in [5.41, 5.74) is 2.70. The van der Waals surface area contributed by atoms with Crippen LogP contribution < -0.4 is 14.5 Å². The minimum atomic E-state index is -3.60. The van der Waals surface area contributed by atoms with Crippen LogP contribution in [-0.2, 0) is 21.2 Å². The van der Waals surface area contributed by atoms with Crippen molar-refractivity contribution >= 4 is 38.9 Å². The molecule has 2 aromatic rings. The number of halogens is 1. The lowest BCUT2D eigenvalue weighted by Gasteiger charge is -2.22. The summed E-state index contributed by atoms with van der Waals surface area (Å²) in [5.74, 6) is -0.353. The smallest absolute Gasteiger partial charge is 0.240 e. The van der Waals surface area contributed by atoms with Crippen LogP contribution in [-0.4, -0.2) is 47.8 Å².